The molecule has 0 unspecified atom stereocenters. The van der Waals surface area contributed by atoms with Crippen molar-refractivity contribution in [2.75, 3.05) is 32.1 Å². The number of halogens is 5. The molecule has 0 aromatic heterocycles. The fourth-order valence-electron chi connectivity index (χ4n) is 5.78. The maximum atomic E-state index is 14.0. The normalized spacial score (nSPS) is 16.9. The number of carbonyl (C=O) groups excluding carboxylic acids is 2. The first kappa shape index (κ1) is 37.3. The van der Waals surface area contributed by atoms with Crippen molar-refractivity contribution in [3.05, 3.63) is 119 Å². The number of fused-ring (bicyclic) bond motifs is 1. The summed E-state index contributed by atoms with van der Waals surface area (Å²) in [6.45, 7) is 4.56. The second kappa shape index (κ2) is 15.9. The molecular formula is C38H38F5N3O5. The van der Waals surface area contributed by atoms with E-state index in [1.807, 2.05) is 31.0 Å². The summed E-state index contributed by atoms with van der Waals surface area (Å²) in [5, 5.41) is 12.8. The number of likely N-dealkylation sites (N-methyl/N-ethyl adjacent to an activating group) is 1. The van der Waals surface area contributed by atoms with Gasteiger partial charge in [-0.1, -0.05) is 37.3 Å². The molecule has 0 saturated carbocycles. The fourth-order valence-corrected chi connectivity index (χ4v) is 5.78. The maximum Gasteiger partial charge on any atom is 0.416 e. The molecule has 0 bridgehead atoms. The molecule has 2 N–H and O–H groups in total. The molecule has 4 aromatic carbocycles. The zero-order valence-electron chi connectivity index (χ0n) is 28.2. The molecule has 1 aliphatic heterocycles. The number of para-hydroxylation sites is 1. The molecule has 1 aliphatic rings. The van der Waals surface area contributed by atoms with E-state index >= 15 is 0 Å². The van der Waals surface area contributed by atoms with Gasteiger partial charge < -0.3 is 24.8 Å². The summed E-state index contributed by atoms with van der Waals surface area (Å²) in [5.74, 6) is -2.22. The highest BCUT2D eigenvalue weighted by Crippen LogP contribution is 2.36. The number of nitrogens with one attached hydrogen (secondary N) is 1. The van der Waals surface area contributed by atoms with Crippen molar-refractivity contribution < 1.29 is 46.1 Å². The van der Waals surface area contributed by atoms with Crippen LogP contribution in [0.3, 0.4) is 0 Å². The van der Waals surface area contributed by atoms with Gasteiger partial charge in [0.2, 0.25) is 5.91 Å². The minimum atomic E-state index is -4.50. The standard InChI is InChI=1S/C38H38F5N3O5/c1-23-19-46(24(2)22-47)37(49)30-5-4-6-32(44-35(48)17-25-7-11-27(12-8-25)38(41,42)43)36(30)51-34(23)21-45(3)20-26-9-14-29(15-10-26)50-33-16-13-28(39)18-31(33)40/h4-16,18,23-24,34,47H,17,19-22H2,1-3H3,(H,44,48)/t23-,24+,34-/m1/s1. The number of alkyl halides is 3. The Morgan fingerprint density at radius 1 is 1.04 bits per heavy atom. The smallest absolute Gasteiger partial charge is 0.416 e. The van der Waals surface area contributed by atoms with Gasteiger partial charge in [0.25, 0.3) is 5.91 Å². The Bertz CT molecular complexity index is 1840. The molecule has 5 rings (SSSR count). The summed E-state index contributed by atoms with van der Waals surface area (Å²) in [6.07, 6.45) is -5.21. The van der Waals surface area contributed by atoms with Gasteiger partial charge >= 0.3 is 6.18 Å². The number of benzene rings is 4. The second-order valence-electron chi connectivity index (χ2n) is 12.7. The number of amides is 2. The summed E-state index contributed by atoms with van der Waals surface area (Å²) in [7, 11) is 1.89. The van der Waals surface area contributed by atoms with Crippen molar-refractivity contribution >= 4 is 17.5 Å². The molecule has 0 spiro atoms. The first-order valence-corrected chi connectivity index (χ1v) is 16.3. The topological polar surface area (TPSA) is 91.3 Å². The number of hydrogen-bond donors (Lipinski definition) is 2. The summed E-state index contributed by atoms with van der Waals surface area (Å²) in [4.78, 5) is 30.5. The van der Waals surface area contributed by atoms with Gasteiger partial charge in [0.1, 0.15) is 17.7 Å². The van der Waals surface area contributed by atoms with Crippen LogP contribution >= 0.6 is 0 Å². The first-order valence-electron chi connectivity index (χ1n) is 16.3. The SMILES string of the molecule is C[C@@H]1CN([C@@H](C)CO)C(=O)c2cccc(NC(=O)Cc3ccc(C(F)(F)F)cc3)c2O[C@@H]1CN(C)Cc1ccc(Oc2ccc(F)cc2F)cc1. The molecule has 0 radical (unpaired) electrons. The van der Waals surface area contributed by atoms with Gasteiger partial charge in [-0.05, 0) is 73.6 Å². The Morgan fingerprint density at radius 3 is 2.37 bits per heavy atom. The molecular weight excluding hydrogens is 673 g/mol. The van der Waals surface area contributed by atoms with Crippen LogP contribution in [0.1, 0.15) is 40.9 Å². The van der Waals surface area contributed by atoms with Gasteiger partial charge in [0.05, 0.1) is 35.9 Å². The highest BCUT2D eigenvalue weighted by molar-refractivity contribution is 6.02. The summed E-state index contributed by atoms with van der Waals surface area (Å²) >= 11 is 0. The van der Waals surface area contributed by atoms with Gasteiger partial charge in [-0.25, -0.2) is 8.78 Å². The number of nitrogens with zero attached hydrogens (tertiary/aromatic N) is 2. The lowest BCUT2D eigenvalue weighted by Gasteiger charge is -2.38. The van der Waals surface area contributed by atoms with Crippen LogP contribution in [-0.2, 0) is 23.9 Å². The average Bonchev–Trinajstić information content (AvgIpc) is 3.08. The predicted octanol–water partition coefficient (Wildman–Crippen LogP) is 7.31. The van der Waals surface area contributed by atoms with E-state index in [1.165, 1.54) is 18.2 Å². The lowest BCUT2D eigenvalue weighted by atomic mass is 9.98. The van der Waals surface area contributed by atoms with Gasteiger partial charge in [-0.3, -0.25) is 14.5 Å². The Balaban J connectivity index is 1.33. The Hall–Kier alpha value is -5.01. The van der Waals surface area contributed by atoms with E-state index in [9.17, 15) is 36.6 Å². The van der Waals surface area contributed by atoms with Crippen LogP contribution in [0.25, 0.3) is 0 Å². The lowest BCUT2D eigenvalue weighted by Crippen LogP contribution is -2.49. The molecule has 0 fully saturated rings. The van der Waals surface area contributed by atoms with E-state index in [0.717, 1.165) is 29.8 Å². The molecule has 270 valence electrons. The van der Waals surface area contributed by atoms with Crippen molar-refractivity contribution in [1.82, 2.24) is 9.80 Å². The summed E-state index contributed by atoms with van der Waals surface area (Å²) in [5.41, 5.74) is 0.874. The number of carbonyl (C=O) groups is 2. The van der Waals surface area contributed by atoms with Crippen molar-refractivity contribution in [1.29, 1.82) is 0 Å². The zero-order chi connectivity index (χ0) is 36.9. The monoisotopic (exact) mass is 711 g/mol. The largest absolute Gasteiger partial charge is 0.486 e. The van der Waals surface area contributed by atoms with E-state index in [4.69, 9.17) is 9.47 Å². The number of ether oxygens (including phenoxy) is 2. The molecule has 0 saturated heterocycles. The highest BCUT2D eigenvalue weighted by atomic mass is 19.4. The van der Waals surface area contributed by atoms with Crippen LogP contribution in [0.4, 0.5) is 27.6 Å². The molecule has 3 atom stereocenters. The quantitative estimate of drug-likeness (QED) is 0.159. The van der Waals surface area contributed by atoms with Crippen molar-refractivity contribution in [3.63, 3.8) is 0 Å². The molecule has 0 aliphatic carbocycles. The highest BCUT2D eigenvalue weighted by Gasteiger charge is 2.35. The fraction of sp³-hybridized carbons (Fsp3) is 0.316. The number of aliphatic hydroxyl groups is 1. The Morgan fingerprint density at radius 2 is 1.73 bits per heavy atom. The third-order valence-corrected chi connectivity index (χ3v) is 8.60. The third-order valence-electron chi connectivity index (χ3n) is 8.60. The summed E-state index contributed by atoms with van der Waals surface area (Å²) < 4.78 is 78.4. The van der Waals surface area contributed by atoms with E-state index < -0.39 is 41.4 Å². The first-order chi connectivity index (χ1) is 24.2. The molecule has 4 aromatic rings. The zero-order valence-corrected chi connectivity index (χ0v) is 28.2. The van der Waals surface area contributed by atoms with Gasteiger partial charge in [-0.15, -0.1) is 0 Å². The van der Waals surface area contributed by atoms with Crippen LogP contribution < -0.4 is 14.8 Å². The summed E-state index contributed by atoms with van der Waals surface area (Å²) in [6, 6.07) is 18.6. The maximum absolute atomic E-state index is 14.0. The van der Waals surface area contributed by atoms with E-state index in [1.54, 1.807) is 42.2 Å². The van der Waals surface area contributed by atoms with E-state index in [2.05, 4.69) is 5.32 Å². The van der Waals surface area contributed by atoms with E-state index in [-0.39, 0.29) is 54.1 Å². The number of hydrogen-bond acceptors (Lipinski definition) is 6. The van der Waals surface area contributed by atoms with Gasteiger partial charge in [0.15, 0.2) is 17.3 Å². The molecule has 8 nitrogen and oxygen atoms in total. The van der Waals surface area contributed by atoms with Crippen LogP contribution in [0.5, 0.6) is 17.2 Å². The lowest BCUT2D eigenvalue weighted by molar-refractivity contribution is -0.137. The second-order valence-corrected chi connectivity index (χ2v) is 12.7. The van der Waals surface area contributed by atoms with Crippen LogP contribution in [0, 0.1) is 17.6 Å². The van der Waals surface area contributed by atoms with Gasteiger partial charge in [-0.2, -0.15) is 13.2 Å². The molecule has 13 heteroatoms. The van der Waals surface area contributed by atoms with Crippen LogP contribution in [0.2, 0.25) is 0 Å². The van der Waals surface area contributed by atoms with Crippen LogP contribution in [0.15, 0.2) is 84.9 Å². The van der Waals surface area contributed by atoms with Crippen molar-refractivity contribution in [2.45, 2.75) is 45.1 Å². The van der Waals surface area contributed by atoms with Gasteiger partial charge in [0, 0.05) is 31.6 Å². The van der Waals surface area contributed by atoms with E-state index in [0.29, 0.717) is 24.4 Å². The molecule has 51 heavy (non-hydrogen) atoms. The Labute approximate surface area is 292 Å². The third kappa shape index (κ3) is 9.41. The number of rotatable bonds is 11. The number of aliphatic hydroxyl groups excluding tert-OH is 1. The average molecular weight is 712 g/mol. The predicted molar refractivity (Wildman–Crippen MR) is 181 cm³/mol. The number of anilines is 1. The minimum absolute atomic E-state index is 0.102. The Kier molecular flexibility index (Phi) is 11.6. The van der Waals surface area contributed by atoms with Crippen LogP contribution in [-0.4, -0.2) is 65.6 Å². The molecule has 2 amide bonds. The van der Waals surface area contributed by atoms with Crippen molar-refractivity contribution in [3.8, 4) is 17.2 Å². The minimum Gasteiger partial charge on any atom is -0.486 e. The van der Waals surface area contributed by atoms with Crippen molar-refractivity contribution in [2.24, 2.45) is 5.92 Å². The molecule has 1 heterocycles.